The molecule has 0 rings (SSSR count). The van der Waals surface area contributed by atoms with E-state index in [1.807, 2.05) is 0 Å². The molecule has 498 valence electrons. The molecule has 0 aliphatic heterocycles. The third-order valence-corrected chi connectivity index (χ3v) is 17.1. The highest BCUT2D eigenvalue weighted by molar-refractivity contribution is 7.47. The molecule has 0 saturated carbocycles. The number of esters is 4. The molecule has 0 aromatic carbocycles. The van der Waals surface area contributed by atoms with Crippen LogP contribution in [0.4, 0.5) is 0 Å². The van der Waals surface area contributed by atoms with Gasteiger partial charge in [0, 0.05) is 25.7 Å². The molecule has 0 fully saturated rings. The Labute approximate surface area is 511 Å². The monoisotopic (exact) mass is 1240 g/mol. The number of carbonyl (C=O) groups excluding carboxylic acids is 4. The van der Waals surface area contributed by atoms with Gasteiger partial charge in [-0.15, -0.1) is 0 Å². The quantitative estimate of drug-likeness (QED) is 0.0222. The van der Waals surface area contributed by atoms with Gasteiger partial charge in [-0.1, -0.05) is 267 Å². The summed E-state index contributed by atoms with van der Waals surface area (Å²) >= 11 is 0. The molecule has 3 N–H and O–H groups in total. The average molecular weight is 1240 g/mol. The number of hydrogen-bond acceptors (Lipinski definition) is 15. The first-order chi connectivity index (χ1) is 40.3. The van der Waals surface area contributed by atoms with Crippen LogP contribution in [0, 0.1) is 17.8 Å². The minimum atomic E-state index is -4.95. The molecule has 0 aliphatic rings. The van der Waals surface area contributed by atoms with E-state index in [9.17, 15) is 43.2 Å². The van der Waals surface area contributed by atoms with Gasteiger partial charge < -0.3 is 33.8 Å². The molecule has 0 saturated heterocycles. The Bertz CT molecular complexity index is 1670. The molecular weight excluding hydrogens is 1110 g/mol. The van der Waals surface area contributed by atoms with Gasteiger partial charge in [0.2, 0.25) is 0 Å². The smallest absolute Gasteiger partial charge is 0.462 e. The summed E-state index contributed by atoms with van der Waals surface area (Å²) in [5.74, 6) is 0.0580. The molecule has 19 heteroatoms. The number of unbranched alkanes of at least 4 members (excludes halogenated alkanes) is 30. The molecule has 0 amide bonds. The highest BCUT2D eigenvalue weighted by Crippen LogP contribution is 2.45. The van der Waals surface area contributed by atoms with Crippen molar-refractivity contribution in [1.29, 1.82) is 0 Å². The number of phosphoric acid groups is 2. The Hall–Kier alpha value is -1.94. The van der Waals surface area contributed by atoms with Crippen molar-refractivity contribution in [2.75, 3.05) is 39.6 Å². The molecule has 0 aromatic heterocycles. The summed E-state index contributed by atoms with van der Waals surface area (Å²) in [5, 5.41) is 10.5. The normalized spacial score (nSPS) is 14.7. The zero-order valence-electron chi connectivity index (χ0n) is 54.4. The van der Waals surface area contributed by atoms with Crippen molar-refractivity contribution in [3.63, 3.8) is 0 Å². The molecule has 0 heterocycles. The van der Waals surface area contributed by atoms with Crippen molar-refractivity contribution in [2.24, 2.45) is 17.8 Å². The zero-order chi connectivity index (χ0) is 62.4. The molecule has 6 atom stereocenters. The number of aliphatic hydroxyl groups is 1. The van der Waals surface area contributed by atoms with Crippen molar-refractivity contribution in [3.05, 3.63) is 0 Å². The summed E-state index contributed by atoms with van der Waals surface area (Å²) in [6.07, 6.45) is 37.6. The molecular formula is C65H126O17P2. The van der Waals surface area contributed by atoms with E-state index in [1.165, 1.54) is 122 Å². The third kappa shape index (κ3) is 57.8. The van der Waals surface area contributed by atoms with Crippen LogP contribution >= 0.6 is 15.6 Å². The van der Waals surface area contributed by atoms with Crippen LogP contribution in [-0.4, -0.2) is 96.7 Å². The highest BCUT2D eigenvalue weighted by Gasteiger charge is 2.30. The minimum Gasteiger partial charge on any atom is -0.462 e. The standard InChI is InChI=1S/C65H126O17P2/c1-8-10-11-12-13-14-15-18-25-34-41-48-64(69)82-61(53-76-63(68)47-40-33-28-27-30-37-44-57(5)6)55-80-84(73,74)78-51-59(66)50-77-83(71,72)79-54-60(81-65(70)49-42-35-26-19-16-17-22-29-36-43-56(3)4)52-75-62(67)46-39-32-24-21-20-23-31-38-45-58(7)9-2/h56-61,66H,8-55H2,1-7H3,(H,71,72)(H,73,74)/t58?,59-,60-,61-/m1/s1. The topological polar surface area (TPSA) is 237 Å². The third-order valence-electron chi connectivity index (χ3n) is 15.2. The van der Waals surface area contributed by atoms with Gasteiger partial charge in [-0.3, -0.25) is 37.3 Å². The van der Waals surface area contributed by atoms with Crippen LogP contribution in [-0.2, 0) is 65.4 Å². The zero-order valence-corrected chi connectivity index (χ0v) is 56.1. The van der Waals surface area contributed by atoms with E-state index in [-0.39, 0.29) is 25.7 Å². The second-order valence-corrected chi connectivity index (χ2v) is 27.6. The molecule has 0 aliphatic carbocycles. The molecule has 0 radical (unpaired) electrons. The van der Waals surface area contributed by atoms with E-state index in [2.05, 4.69) is 48.5 Å². The number of rotatable bonds is 63. The summed E-state index contributed by atoms with van der Waals surface area (Å²) in [7, 11) is -9.89. The van der Waals surface area contributed by atoms with E-state index in [0.29, 0.717) is 31.6 Å². The maximum Gasteiger partial charge on any atom is 0.472 e. The van der Waals surface area contributed by atoms with Gasteiger partial charge >= 0.3 is 39.5 Å². The number of ether oxygens (including phenoxy) is 4. The number of hydrogen-bond donors (Lipinski definition) is 3. The number of phosphoric ester groups is 2. The van der Waals surface area contributed by atoms with E-state index in [0.717, 1.165) is 108 Å². The van der Waals surface area contributed by atoms with E-state index < -0.39 is 97.5 Å². The van der Waals surface area contributed by atoms with Crippen LogP contribution in [0.1, 0.15) is 318 Å². The molecule has 17 nitrogen and oxygen atoms in total. The van der Waals surface area contributed by atoms with Gasteiger partial charge in [-0.25, -0.2) is 9.13 Å². The summed E-state index contributed by atoms with van der Waals surface area (Å²) in [5.41, 5.74) is 0. The summed E-state index contributed by atoms with van der Waals surface area (Å²) in [4.78, 5) is 72.2. The Balaban J connectivity index is 5.25. The number of aliphatic hydroxyl groups excluding tert-OH is 1. The maximum atomic E-state index is 13.0. The van der Waals surface area contributed by atoms with Gasteiger partial charge in [-0.05, 0) is 43.4 Å². The lowest BCUT2D eigenvalue weighted by molar-refractivity contribution is -0.161. The van der Waals surface area contributed by atoms with Gasteiger partial charge in [-0.2, -0.15) is 0 Å². The van der Waals surface area contributed by atoms with Crippen molar-refractivity contribution in [2.45, 2.75) is 336 Å². The maximum absolute atomic E-state index is 13.0. The fourth-order valence-electron chi connectivity index (χ4n) is 9.62. The average Bonchev–Trinajstić information content (AvgIpc) is 3.46. The molecule has 0 spiro atoms. The Morgan fingerprint density at radius 2 is 0.607 bits per heavy atom. The summed E-state index contributed by atoms with van der Waals surface area (Å²) < 4.78 is 68.0. The van der Waals surface area contributed by atoms with Gasteiger partial charge in [0.05, 0.1) is 26.4 Å². The lowest BCUT2D eigenvalue weighted by Crippen LogP contribution is -2.30. The van der Waals surface area contributed by atoms with Crippen LogP contribution < -0.4 is 0 Å². The highest BCUT2D eigenvalue weighted by atomic mass is 31.2. The minimum absolute atomic E-state index is 0.104. The predicted octanol–water partition coefficient (Wildman–Crippen LogP) is 17.9. The van der Waals surface area contributed by atoms with Crippen molar-refractivity contribution in [3.8, 4) is 0 Å². The van der Waals surface area contributed by atoms with Crippen LogP contribution in [0.2, 0.25) is 0 Å². The first-order valence-electron chi connectivity index (χ1n) is 33.9. The molecule has 0 aromatic rings. The first-order valence-corrected chi connectivity index (χ1v) is 36.9. The second-order valence-electron chi connectivity index (χ2n) is 24.7. The van der Waals surface area contributed by atoms with Gasteiger partial charge in [0.15, 0.2) is 12.2 Å². The Morgan fingerprint density at radius 3 is 0.905 bits per heavy atom. The van der Waals surface area contributed by atoms with Crippen LogP contribution in [0.5, 0.6) is 0 Å². The summed E-state index contributed by atoms with van der Waals surface area (Å²) in [6, 6.07) is 0. The molecule has 0 bridgehead atoms. The lowest BCUT2D eigenvalue weighted by Gasteiger charge is -2.21. The van der Waals surface area contributed by atoms with Crippen molar-refractivity contribution < 1.29 is 80.2 Å². The SMILES string of the molecule is CCCCCCCCCCCCCC(=O)O[C@H](COC(=O)CCCCCCCCC(C)C)COP(=O)(O)OC[C@H](O)COP(=O)(O)OC[C@@H](COC(=O)CCCCCCCCCCC(C)CC)OC(=O)CCCCCCCCCCCC(C)C. The van der Waals surface area contributed by atoms with Crippen molar-refractivity contribution >= 4 is 39.5 Å². The first kappa shape index (κ1) is 82.1. The summed E-state index contributed by atoms with van der Waals surface area (Å²) in [6.45, 7) is 11.7. The van der Waals surface area contributed by atoms with Gasteiger partial charge in [0.25, 0.3) is 0 Å². The second kappa shape index (κ2) is 56.3. The van der Waals surface area contributed by atoms with Crippen LogP contribution in [0.15, 0.2) is 0 Å². The lowest BCUT2D eigenvalue weighted by atomic mass is 9.99. The van der Waals surface area contributed by atoms with Gasteiger partial charge in [0.1, 0.15) is 19.3 Å². The fourth-order valence-corrected chi connectivity index (χ4v) is 11.2. The van der Waals surface area contributed by atoms with Crippen LogP contribution in [0.25, 0.3) is 0 Å². The Morgan fingerprint density at radius 1 is 0.345 bits per heavy atom. The molecule has 3 unspecified atom stereocenters. The van der Waals surface area contributed by atoms with E-state index in [4.69, 9.17) is 37.0 Å². The fraction of sp³-hybridized carbons (Fsp3) is 0.938. The Kier molecular flexibility index (Phi) is 55.0. The van der Waals surface area contributed by atoms with E-state index >= 15 is 0 Å². The van der Waals surface area contributed by atoms with Crippen molar-refractivity contribution in [1.82, 2.24) is 0 Å². The number of carbonyl (C=O) groups is 4. The van der Waals surface area contributed by atoms with E-state index in [1.54, 1.807) is 0 Å². The largest absolute Gasteiger partial charge is 0.472 e. The predicted molar refractivity (Wildman–Crippen MR) is 335 cm³/mol. The molecule has 84 heavy (non-hydrogen) atoms. The van der Waals surface area contributed by atoms with Crippen LogP contribution in [0.3, 0.4) is 0 Å².